The molecule has 0 bridgehead atoms. The highest BCUT2D eigenvalue weighted by molar-refractivity contribution is 5.52. The molecule has 88 valence electrons. The van der Waals surface area contributed by atoms with E-state index in [2.05, 4.69) is 16.0 Å². The van der Waals surface area contributed by atoms with Crippen molar-refractivity contribution in [1.29, 1.82) is 0 Å². The van der Waals surface area contributed by atoms with Crippen molar-refractivity contribution in [3.05, 3.63) is 23.0 Å². The van der Waals surface area contributed by atoms with Crippen LogP contribution in [0.1, 0.15) is 42.3 Å². The molecule has 2 rings (SSSR count). The van der Waals surface area contributed by atoms with E-state index in [1.54, 1.807) is 0 Å². The number of fused-ring (bicyclic) bond motifs is 1. The molecule has 16 heavy (non-hydrogen) atoms. The van der Waals surface area contributed by atoms with Crippen LogP contribution < -0.4 is 4.90 Å². The topological polar surface area (TPSA) is 36.4 Å². The molecule has 3 heteroatoms. The maximum absolute atomic E-state index is 10.0. The van der Waals surface area contributed by atoms with E-state index >= 15 is 0 Å². The Bertz CT molecular complexity index is 388. The van der Waals surface area contributed by atoms with E-state index < -0.39 is 0 Å². The minimum atomic E-state index is -0.368. The van der Waals surface area contributed by atoms with Crippen LogP contribution in [0, 0.1) is 6.92 Å². The third-order valence-electron chi connectivity index (χ3n) is 3.27. The summed E-state index contributed by atoms with van der Waals surface area (Å²) in [6, 6.07) is 2.19. The summed E-state index contributed by atoms with van der Waals surface area (Å²) in [5, 5.41) is 10.0. The Hall–Kier alpha value is -1.09. The molecule has 0 saturated carbocycles. The molecule has 0 spiro atoms. The fraction of sp³-hybridized carbons (Fsp3) is 0.615. The molecule has 1 aliphatic carbocycles. The molecule has 0 aliphatic heterocycles. The molecule has 0 fully saturated rings. The largest absolute Gasteiger partial charge is 0.387 e. The van der Waals surface area contributed by atoms with Gasteiger partial charge in [-0.3, -0.25) is 4.98 Å². The number of aromatic nitrogens is 1. The summed E-state index contributed by atoms with van der Waals surface area (Å²) in [5.74, 6) is 0. The first-order chi connectivity index (χ1) is 7.59. The van der Waals surface area contributed by atoms with Gasteiger partial charge in [-0.15, -0.1) is 0 Å². The lowest BCUT2D eigenvalue weighted by molar-refractivity contribution is 0.162. The lowest BCUT2D eigenvalue weighted by Gasteiger charge is -2.19. The Morgan fingerprint density at radius 1 is 1.38 bits per heavy atom. The van der Waals surface area contributed by atoms with Crippen molar-refractivity contribution in [2.45, 2.75) is 38.7 Å². The fourth-order valence-corrected chi connectivity index (χ4v) is 2.38. The van der Waals surface area contributed by atoms with Crippen molar-refractivity contribution in [3.63, 3.8) is 0 Å². The van der Waals surface area contributed by atoms with Gasteiger partial charge in [0.25, 0.3) is 0 Å². The molecular formula is C13H20N2O. The number of nitrogens with zero attached hydrogens (tertiary/aromatic N) is 2. The zero-order valence-corrected chi connectivity index (χ0v) is 10.3. The van der Waals surface area contributed by atoms with E-state index in [0.717, 1.165) is 42.8 Å². The fourth-order valence-electron chi connectivity index (χ4n) is 2.38. The number of aliphatic hydroxyl groups is 1. The standard InChI is InChI=1S/C13H20N2O/c1-9-11(15(2)3)8-10-6-4-5-7-12(16)13(10)14-9/h8,12,16H,4-7H2,1-3H3. The van der Waals surface area contributed by atoms with E-state index in [1.165, 1.54) is 5.56 Å². The Morgan fingerprint density at radius 2 is 2.12 bits per heavy atom. The molecular weight excluding hydrogens is 200 g/mol. The van der Waals surface area contributed by atoms with Crippen molar-refractivity contribution in [1.82, 2.24) is 4.98 Å². The van der Waals surface area contributed by atoms with Crippen LogP contribution in [0.4, 0.5) is 5.69 Å². The molecule has 1 atom stereocenters. The van der Waals surface area contributed by atoms with E-state index in [0.29, 0.717) is 0 Å². The second kappa shape index (κ2) is 4.42. The van der Waals surface area contributed by atoms with Gasteiger partial charge in [-0.2, -0.15) is 0 Å². The second-order valence-electron chi connectivity index (χ2n) is 4.79. The number of aryl methyl sites for hydroxylation is 2. The first-order valence-electron chi connectivity index (χ1n) is 5.95. The van der Waals surface area contributed by atoms with Gasteiger partial charge in [0.1, 0.15) is 0 Å². The normalized spacial score (nSPS) is 20.1. The summed E-state index contributed by atoms with van der Waals surface area (Å²) in [7, 11) is 4.06. The monoisotopic (exact) mass is 220 g/mol. The molecule has 0 saturated heterocycles. The minimum absolute atomic E-state index is 0.368. The second-order valence-corrected chi connectivity index (χ2v) is 4.79. The molecule has 1 aliphatic rings. The number of rotatable bonds is 1. The van der Waals surface area contributed by atoms with Gasteiger partial charge < -0.3 is 10.0 Å². The van der Waals surface area contributed by atoms with Gasteiger partial charge in [0.2, 0.25) is 0 Å². The van der Waals surface area contributed by atoms with E-state index in [1.807, 2.05) is 21.0 Å². The molecule has 1 heterocycles. The zero-order chi connectivity index (χ0) is 11.7. The van der Waals surface area contributed by atoms with Gasteiger partial charge in [-0.05, 0) is 37.8 Å². The Balaban J connectivity index is 2.48. The van der Waals surface area contributed by atoms with Crippen molar-refractivity contribution >= 4 is 5.69 Å². The molecule has 1 aromatic heterocycles. The minimum Gasteiger partial charge on any atom is -0.387 e. The summed E-state index contributed by atoms with van der Waals surface area (Å²) in [5.41, 5.74) is 4.29. The molecule has 0 amide bonds. The Kier molecular flexibility index (Phi) is 3.15. The first kappa shape index (κ1) is 11.4. The maximum atomic E-state index is 10.0. The van der Waals surface area contributed by atoms with Crippen LogP contribution in [0.2, 0.25) is 0 Å². The summed E-state index contributed by atoms with van der Waals surface area (Å²) in [4.78, 5) is 6.67. The predicted octanol–water partition coefficient (Wildman–Crippen LogP) is 2.22. The van der Waals surface area contributed by atoms with Crippen LogP contribution in [-0.2, 0) is 6.42 Å². The average Bonchev–Trinajstić information content (AvgIpc) is 2.40. The third-order valence-corrected chi connectivity index (χ3v) is 3.27. The first-order valence-corrected chi connectivity index (χ1v) is 5.95. The highest BCUT2D eigenvalue weighted by Crippen LogP contribution is 2.30. The number of hydrogen-bond donors (Lipinski definition) is 1. The van der Waals surface area contributed by atoms with E-state index in [-0.39, 0.29) is 6.10 Å². The molecule has 1 aromatic rings. The van der Waals surface area contributed by atoms with Gasteiger partial charge in [0.15, 0.2) is 0 Å². The summed E-state index contributed by atoms with van der Waals surface area (Å²) in [6.07, 6.45) is 3.77. The smallest absolute Gasteiger partial charge is 0.0962 e. The lowest BCUT2D eigenvalue weighted by atomic mass is 10.1. The zero-order valence-electron chi connectivity index (χ0n) is 10.3. The average molecular weight is 220 g/mol. The number of pyridine rings is 1. The van der Waals surface area contributed by atoms with Crippen LogP contribution in [0.25, 0.3) is 0 Å². The van der Waals surface area contributed by atoms with Crippen molar-refractivity contribution < 1.29 is 5.11 Å². The van der Waals surface area contributed by atoms with Crippen molar-refractivity contribution in [2.75, 3.05) is 19.0 Å². The SMILES string of the molecule is Cc1nc2c(cc1N(C)C)CCCCC2O. The van der Waals surface area contributed by atoms with Crippen LogP contribution in [0.5, 0.6) is 0 Å². The van der Waals surface area contributed by atoms with Gasteiger partial charge in [0.05, 0.1) is 23.2 Å². The maximum Gasteiger partial charge on any atom is 0.0962 e. The van der Waals surface area contributed by atoms with Crippen LogP contribution in [0.15, 0.2) is 6.07 Å². The van der Waals surface area contributed by atoms with Gasteiger partial charge in [-0.25, -0.2) is 0 Å². The Morgan fingerprint density at radius 3 is 2.81 bits per heavy atom. The van der Waals surface area contributed by atoms with Crippen molar-refractivity contribution in [2.24, 2.45) is 0 Å². The lowest BCUT2D eigenvalue weighted by Crippen LogP contribution is -2.14. The number of hydrogen-bond acceptors (Lipinski definition) is 3. The van der Waals surface area contributed by atoms with Crippen molar-refractivity contribution in [3.8, 4) is 0 Å². The molecule has 0 radical (unpaired) electrons. The van der Waals surface area contributed by atoms with E-state index in [9.17, 15) is 5.11 Å². The number of anilines is 1. The van der Waals surface area contributed by atoms with Gasteiger partial charge in [0, 0.05) is 14.1 Å². The van der Waals surface area contributed by atoms with Crippen LogP contribution in [-0.4, -0.2) is 24.2 Å². The number of aliphatic hydroxyl groups excluding tert-OH is 1. The predicted molar refractivity (Wildman–Crippen MR) is 65.8 cm³/mol. The highest BCUT2D eigenvalue weighted by atomic mass is 16.3. The molecule has 1 N–H and O–H groups in total. The highest BCUT2D eigenvalue weighted by Gasteiger charge is 2.19. The van der Waals surface area contributed by atoms with E-state index in [4.69, 9.17) is 0 Å². The summed E-state index contributed by atoms with van der Waals surface area (Å²) >= 11 is 0. The Labute approximate surface area is 97.1 Å². The quantitative estimate of drug-likeness (QED) is 0.737. The molecule has 0 aromatic carbocycles. The third kappa shape index (κ3) is 2.05. The van der Waals surface area contributed by atoms with Gasteiger partial charge in [-0.1, -0.05) is 6.42 Å². The van der Waals surface area contributed by atoms with Gasteiger partial charge >= 0.3 is 0 Å². The van der Waals surface area contributed by atoms with Crippen LogP contribution >= 0.6 is 0 Å². The van der Waals surface area contributed by atoms with Crippen LogP contribution in [0.3, 0.4) is 0 Å². The molecule has 3 nitrogen and oxygen atoms in total. The summed E-state index contributed by atoms with van der Waals surface area (Å²) in [6.45, 7) is 2.01. The summed E-state index contributed by atoms with van der Waals surface area (Å²) < 4.78 is 0. The molecule has 1 unspecified atom stereocenters.